The summed E-state index contributed by atoms with van der Waals surface area (Å²) in [5.41, 5.74) is 1.06. The molecule has 0 atom stereocenters. The van der Waals surface area contributed by atoms with Gasteiger partial charge >= 0.3 is 12.1 Å². The molecule has 0 aliphatic heterocycles. The van der Waals surface area contributed by atoms with Crippen molar-refractivity contribution >= 4 is 29.7 Å². The molecule has 2 N–H and O–H groups in total. The SMILES string of the molecule is O=C(NC(=Cc1cccc(Cl)c1)C(=O)O)OCc1ccccc1. The van der Waals surface area contributed by atoms with Gasteiger partial charge in [-0.1, -0.05) is 54.1 Å². The first-order valence-electron chi connectivity index (χ1n) is 6.73. The molecule has 23 heavy (non-hydrogen) atoms. The first-order valence-corrected chi connectivity index (χ1v) is 7.10. The lowest BCUT2D eigenvalue weighted by Gasteiger charge is -2.08. The highest BCUT2D eigenvalue weighted by atomic mass is 35.5. The van der Waals surface area contributed by atoms with Gasteiger partial charge in [0.25, 0.3) is 0 Å². The van der Waals surface area contributed by atoms with Crippen LogP contribution in [0.25, 0.3) is 6.08 Å². The Kier molecular flexibility index (Phi) is 5.77. The van der Waals surface area contributed by atoms with E-state index in [2.05, 4.69) is 5.32 Å². The maximum atomic E-state index is 11.7. The van der Waals surface area contributed by atoms with E-state index in [9.17, 15) is 9.59 Å². The molecule has 0 radical (unpaired) electrons. The number of carboxylic acid groups (broad SMARTS) is 1. The van der Waals surface area contributed by atoms with Crippen LogP contribution in [0.3, 0.4) is 0 Å². The van der Waals surface area contributed by atoms with Gasteiger partial charge in [-0.15, -0.1) is 0 Å². The maximum Gasteiger partial charge on any atom is 0.412 e. The molecule has 0 aliphatic rings. The molecule has 0 spiro atoms. The number of ether oxygens (including phenoxy) is 1. The number of carbonyl (C=O) groups is 2. The fraction of sp³-hybridized carbons (Fsp3) is 0.0588. The van der Waals surface area contributed by atoms with E-state index in [1.165, 1.54) is 6.08 Å². The summed E-state index contributed by atoms with van der Waals surface area (Å²) in [7, 11) is 0. The minimum Gasteiger partial charge on any atom is -0.477 e. The summed E-state index contributed by atoms with van der Waals surface area (Å²) in [6, 6.07) is 15.7. The second-order valence-electron chi connectivity index (χ2n) is 4.60. The van der Waals surface area contributed by atoms with Crippen LogP contribution in [-0.2, 0) is 16.1 Å². The summed E-state index contributed by atoms with van der Waals surface area (Å²) in [5, 5.41) is 11.8. The minimum absolute atomic E-state index is 0.0523. The number of halogens is 1. The van der Waals surface area contributed by atoms with Crippen LogP contribution in [0.2, 0.25) is 5.02 Å². The number of carboxylic acids is 1. The Hall–Kier alpha value is -2.79. The van der Waals surface area contributed by atoms with E-state index in [-0.39, 0.29) is 12.3 Å². The zero-order valence-corrected chi connectivity index (χ0v) is 12.8. The first kappa shape index (κ1) is 16.6. The number of aliphatic carboxylic acids is 1. The van der Waals surface area contributed by atoms with Crippen molar-refractivity contribution in [2.45, 2.75) is 6.61 Å². The van der Waals surface area contributed by atoms with Crippen molar-refractivity contribution in [3.63, 3.8) is 0 Å². The molecule has 2 rings (SSSR count). The van der Waals surface area contributed by atoms with Crippen molar-refractivity contribution in [2.24, 2.45) is 0 Å². The second-order valence-corrected chi connectivity index (χ2v) is 5.04. The fourth-order valence-electron chi connectivity index (χ4n) is 1.78. The summed E-state index contributed by atoms with van der Waals surface area (Å²) < 4.78 is 4.99. The van der Waals surface area contributed by atoms with E-state index in [1.54, 1.807) is 36.4 Å². The monoisotopic (exact) mass is 331 g/mol. The summed E-state index contributed by atoms with van der Waals surface area (Å²) in [5.74, 6) is -1.28. The van der Waals surface area contributed by atoms with Gasteiger partial charge in [0, 0.05) is 5.02 Å². The van der Waals surface area contributed by atoms with E-state index >= 15 is 0 Å². The van der Waals surface area contributed by atoms with Crippen LogP contribution in [0.15, 0.2) is 60.3 Å². The van der Waals surface area contributed by atoms with Gasteiger partial charge in [-0.05, 0) is 29.3 Å². The average Bonchev–Trinajstić information content (AvgIpc) is 2.53. The number of nitrogens with one attached hydrogen (secondary N) is 1. The largest absolute Gasteiger partial charge is 0.477 e. The molecular formula is C17H14ClNO4. The van der Waals surface area contributed by atoms with Crippen LogP contribution in [0.1, 0.15) is 11.1 Å². The van der Waals surface area contributed by atoms with E-state index in [1.807, 2.05) is 18.2 Å². The Morgan fingerprint density at radius 3 is 2.52 bits per heavy atom. The van der Waals surface area contributed by atoms with Crippen molar-refractivity contribution in [1.82, 2.24) is 5.32 Å². The van der Waals surface area contributed by atoms with Gasteiger partial charge in [0.1, 0.15) is 12.3 Å². The third-order valence-corrected chi connectivity index (χ3v) is 3.07. The lowest BCUT2D eigenvalue weighted by atomic mass is 10.2. The number of carbonyl (C=O) groups excluding carboxylic acids is 1. The van der Waals surface area contributed by atoms with Crippen LogP contribution in [0, 0.1) is 0 Å². The molecule has 0 fully saturated rings. The summed E-state index contributed by atoms with van der Waals surface area (Å²) >= 11 is 5.84. The lowest BCUT2D eigenvalue weighted by Crippen LogP contribution is -2.27. The molecule has 0 bridgehead atoms. The fourth-order valence-corrected chi connectivity index (χ4v) is 1.98. The molecule has 6 heteroatoms. The summed E-state index contributed by atoms with van der Waals surface area (Å²) in [6.45, 7) is 0.0523. The molecule has 5 nitrogen and oxygen atoms in total. The van der Waals surface area contributed by atoms with Gasteiger partial charge in [-0.2, -0.15) is 0 Å². The normalized spacial score (nSPS) is 10.9. The van der Waals surface area contributed by atoms with Crippen molar-refractivity contribution in [2.75, 3.05) is 0 Å². The minimum atomic E-state index is -1.28. The molecule has 0 aromatic heterocycles. The van der Waals surface area contributed by atoms with Crippen molar-refractivity contribution < 1.29 is 19.4 Å². The quantitative estimate of drug-likeness (QED) is 0.819. The zero-order chi connectivity index (χ0) is 16.7. The third kappa shape index (κ3) is 5.48. The van der Waals surface area contributed by atoms with E-state index in [0.29, 0.717) is 10.6 Å². The Morgan fingerprint density at radius 2 is 1.87 bits per heavy atom. The highest BCUT2D eigenvalue weighted by Crippen LogP contribution is 2.13. The number of hydrogen-bond donors (Lipinski definition) is 2. The third-order valence-electron chi connectivity index (χ3n) is 2.84. The summed E-state index contributed by atoms with van der Waals surface area (Å²) in [6.07, 6.45) is 0.461. The number of alkyl carbamates (subject to hydrolysis) is 1. The topological polar surface area (TPSA) is 75.6 Å². The molecule has 2 aromatic carbocycles. The number of benzene rings is 2. The second kappa shape index (κ2) is 8.00. The Bertz CT molecular complexity index is 728. The van der Waals surface area contributed by atoms with Crippen LogP contribution >= 0.6 is 11.6 Å². The highest BCUT2D eigenvalue weighted by molar-refractivity contribution is 6.30. The van der Waals surface area contributed by atoms with Crippen molar-refractivity contribution in [1.29, 1.82) is 0 Å². The standard InChI is InChI=1S/C17H14ClNO4/c18-14-8-4-7-13(9-14)10-15(16(20)21)19-17(22)23-11-12-5-2-1-3-6-12/h1-10H,11H2,(H,19,22)(H,20,21). The molecule has 0 aliphatic carbocycles. The van der Waals surface area contributed by atoms with Gasteiger partial charge in [0.15, 0.2) is 0 Å². The molecule has 0 heterocycles. The lowest BCUT2D eigenvalue weighted by molar-refractivity contribution is -0.132. The van der Waals surface area contributed by atoms with Gasteiger partial charge in [-0.3, -0.25) is 5.32 Å². The molecule has 1 amide bonds. The Labute approximate surface area is 138 Å². The molecule has 0 unspecified atom stereocenters. The number of amides is 1. The van der Waals surface area contributed by atoms with Crippen molar-refractivity contribution in [3.8, 4) is 0 Å². The molecule has 0 saturated carbocycles. The van der Waals surface area contributed by atoms with Gasteiger partial charge in [0.05, 0.1) is 0 Å². The van der Waals surface area contributed by atoms with Crippen molar-refractivity contribution in [3.05, 3.63) is 76.4 Å². The average molecular weight is 332 g/mol. The van der Waals surface area contributed by atoms with Crippen LogP contribution in [-0.4, -0.2) is 17.2 Å². The van der Waals surface area contributed by atoms with Crippen LogP contribution < -0.4 is 5.32 Å². The number of hydrogen-bond acceptors (Lipinski definition) is 3. The number of rotatable bonds is 5. The maximum absolute atomic E-state index is 11.7. The molecule has 2 aromatic rings. The van der Waals surface area contributed by atoms with E-state index < -0.39 is 12.1 Å². The van der Waals surface area contributed by atoms with Crippen LogP contribution in [0.4, 0.5) is 4.79 Å². The summed E-state index contributed by atoms with van der Waals surface area (Å²) in [4.78, 5) is 23.0. The highest BCUT2D eigenvalue weighted by Gasteiger charge is 2.12. The predicted molar refractivity (Wildman–Crippen MR) is 86.8 cm³/mol. The molecule has 118 valence electrons. The van der Waals surface area contributed by atoms with E-state index in [0.717, 1.165) is 5.56 Å². The van der Waals surface area contributed by atoms with Gasteiger partial charge < -0.3 is 9.84 Å². The Balaban J connectivity index is 2.01. The molecule has 0 saturated heterocycles. The zero-order valence-electron chi connectivity index (χ0n) is 12.0. The smallest absolute Gasteiger partial charge is 0.412 e. The van der Waals surface area contributed by atoms with E-state index in [4.69, 9.17) is 21.4 Å². The molecular weight excluding hydrogens is 318 g/mol. The van der Waals surface area contributed by atoms with Gasteiger partial charge in [-0.25, -0.2) is 9.59 Å². The van der Waals surface area contributed by atoms with Crippen LogP contribution in [0.5, 0.6) is 0 Å². The Morgan fingerprint density at radius 1 is 1.13 bits per heavy atom. The predicted octanol–water partition coefficient (Wildman–Crippen LogP) is 3.69. The first-order chi connectivity index (χ1) is 11.0. The van der Waals surface area contributed by atoms with Gasteiger partial charge in [0.2, 0.25) is 0 Å².